The first-order chi connectivity index (χ1) is 13.5. The second kappa shape index (κ2) is 7.83. The van der Waals surface area contributed by atoms with E-state index >= 15 is 0 Å². The highest BCUT2D eigenvalue weighted by Gasteiger charge is 2.46. The molecule has 28 heavy (non-hydrogen) atoms. The number of carbonyl (C=O) groups is 1. The van der Waals surface area contributed by atoms with Crippen LogP contribution in [0.2, 0.25) is 5.15 Å². The zero-order valence-electron chi connectivity index (χ0n) is 16.8. The first-order valence-corrected chi connectivity index (χ1v) is 10.5. The number of hydrogen-bond acceptors (Lipinski definition) is 5. The Morgan fingerprint density at radius 3 is 2.86 bits per heavy atom. The van der Waals surface area contributed by atoms with Crippen molar-refractivity contribution >= 4 is 17.5 Å². The summed E-state index contributed by atoms with van der Waals surface area (Å²) in [5, 5.41) is 13.4. The van der Waals surface area contributed by atoms with Gasteiger partial charge in [-0.25, -0.2) is 0 Å². The zero-order chi connectivity index (χ0) is 19.8. The van der Waals surface area contributed by atoms with E-state index in [0.29, 0.717) is 18.1 Å². The third-order valence-corrected chi connectivity index (χ3v) is 6.66. The first-order valence-electron chi connectivity index (χ1n) is 10.1. The molecule has 8 nitrogen and oxygen atoms in total. The monoisotopic (exact) mass is 405 g/mol. The van der Waals surface area contributed by atoms with Crippen molar-refractivity contribution in [2.24, 2.45) is 7.05 Å². The van der Waals surface area contributed by atoms with Crippen molar-refractivity contribution in [1.82, 2.24) is 34.3 Å². The Balaban J connectivity index is 1.44. The van der Waals surface area contributed by atoms with E-state index in [-0.39, 0.29) is 18.0 Å². The van der Waals surface area contributed by atoms with Crippen LogP contribution in [0.25, 0.3) is 0 Å². The van der Waals surface area contributed by atoms with Crippen LogP contribution in [0, 0.1) is 0 Å². The van der Waals surface area contributed by atoms with Crippen molar-refractivity contribution in [3.63, 3.8) is 0 Å². The van der Waals surface area contributed by atoms with Crippen LogP contribution in [0.5, 0.6) is 0 Å². The van der Waals surface area contributed by atoms with Crippen LogP contribution in [0.1, 0.15) is 43.8 Å². The Kier molecular flexibility index (Phi) is 5.42. The smallest absolute Gasteiger partial charge is 0.224 e. The van der Waals surface area contributed by atoms with Crippen LogP contribution in [-0.2, 0) is 37.8 Å². The molecule has 0 spiro atoms. The van der Waals surface area contributed by atoms with Gasteiger partial charge in [0.2, 0.25) is 5.91 Å². The maximum atomic E-state index is 12.7. The van der Waals surface area contributed by atoms with Crippen molar-refractivity contribution in [3.8, 4) is 0 Å². The van der Waals surface area contributed by atoms with Crippen LogP contribution in [0.3, 0.4) is 0 Å². The molecular weight excluding hydrogens is 378 g/mol. The third kappa shape index (κ3) is 3.33. The molecule has 0 radical (unpaired) electrons. The summed E-state index contributed by atoms with van der Waals surface area (Å²) in [6.45, 7) is 7.49. The van der Waals surface area contributed by atoms with Gasteiger partial charge in [-0.2, -0.15) is 5.10 Å². The maximum Gasteiger partial charge on any atom is 0.224 e. The number of aromatic nitrogens is 5. The molecule has 2 aliphatic heterocycles. The van der Waals surface area contributed by atoms with E-state index in [1.807, 2.05) is 11.6 Å². The fourth-order valence-corrected chi connectivity index (χ4v) is 4.90. The quantitative estimate of drug-likeness (QED) is 0.700. The SMILES string of the molecule is CCc1nn(C)c(Cl)c1CN1CC[C@H]2[C@@H]1CC(=O)N2CCc1nncn1CC. The fraction of sp³-hybridized carbons (Fsp3) is 0.684. The van der Waals surface area contributed by atoms with Crippen molar-refractivity contribution < 1.29 is 4.79 Å². The van der Waals surface area contributed by atoms with E-state index < -0.39 is 0 Å². The fourth-order valence-electron chi connectivity index (χ4n) is 4.70. The highest BCUT2D eigenvalue weighted by atomic mass is 35.5. The van der Waals surface area contributed by atoms with Gasteiger partial charge in [-0.1, -0.05) is 18.5 Å². The lowest BCUT2D eigenvalue weighted by atomic mass is 10.1. The van der Waals surface area contributed by atoms with E-state index in [2.05, 4.69) is 38.9 Å². The van der Waals surface area contributed by atoms with Crippen molar-refractivity contribution in [2.75, 3.05) is 13.1 Å². The summed E-state index contributed by atoms with van der Waals surface area (Å²) < 4.78 is 3.79. The highest BCUT2D eigenvalue weighted by molar-refractivity contribution is 6.30. The van der Waals surface area contributed by atoms with Crippen LogP contribution in [-0.4, -0.2) is 65.4 Å². The van der Waals surface area contributed by atoms with Crippen LogP contribution in [0.15, 0.2) is 6.33 Å². The molecule has 2 atom stereocenters. The average molecular weight is 406 g/mol. The largest absolute Gasteiger partial charge is 0.338 e. The lowest BCUT2D eigenvalue weighted by Crippen LogP contribution is -2.38. The number of hydrogen-bond donors (Lipinski definition) is 0. The van der Waals surface area contributed by atoms with Crippen molar-refractivity contribution in [2.45, 2.75) is 64.7 Å². The molecule has 0 N–H and O–H groups in total. The molecule has 4 heterocycles. The van der Waals surface area contributed by atoms with Crippen LogP contribution in [0.4, 0.5) is 0 Å². The lowest BCUT2D eigenvalue weighted by Gasteiger charge is -2.25. The summed E-state index contributed by atoms with van der Waals surface area (Å²) in [5.41, 5.74) is 2.16. The Morgan fingerprint density at radius 2 is 2.11 bits per heavy atom. The molecule has 0 saturated carbocycles. The minimum absolute atomic E-state index is 0.246. The average Bonchev–Trinajstić information content (AvgIpc) is 3.42. The molecule has 2 fully saturated rings. The highest BCUT2D eigenvalue weighted by Crippen LogP contribution is 2.35. The Labute approximate surface area is 170 Å². The minimum atomic E-state index is 0.246. The molecule has 0 bridgehead atoms. The number of likely N-dealkylation sites (tertiary alicyclic amines) is 2. The van der Waals surface area contributed by atoms with E-state index in [9.17, 15) is 4.79 Å². The second-order valence-corrected chi connectivity index (χ2v) is 8.02. The van der Waals surface area contributed by atoms with Gasteiger partial charge in [0.05, 0.1) is 5.69 Å². The Morgan fingerprint density at radius 1 is 1.29 bits per heavy atom. The summed E-state index contributed by atoms with van der Waals surface area (Å²) in [7, 11) is 1.88. The molecule has 152 valence electrons. The number of fused-ring (bicyclic) bond motifs is 1. The molecule has 1 amide bonds. The lowest BCUT2D eigenvalue weighted by molar-refractivity contribution is -0.129. The summed E-state index contributed by atoms with van der Waals surface area (Å²) in [4.78, 5) is 17.2. The molecular formula is C19H28ClN7O. The van der Waals surface area contributed by atoms with E-state index in [4.69, 9.17) is 11.6 Å². The number of halogens is 1. The molecule has 2 aromatic rings. The number of carbonyl (C=O) groups excluding carboxylic acids is 1. The maximum absolute atomic E-state index is 12.7. The van der Waals surface area contributed by atoms with Gasteiger partial charge in [-0.15, -0.1) is 10.2 Å². The van der Waals surface area contributed by atoms with Gasteiger partial charge in [0.1, 0.15) is 17.3 Å². The van der Waals surface area contributed by atoms with E-state index in [0.717, 1.165) is 56.0 Å². The predicted molar refractivity (Wildman–Crippen MR) is 106 cm³/mol. The molecule has 4 rings (SSSR count). The Hall–Kier alpha value is -1.93. The zero-order valence-corrected chi connectivity index (χ0v) is 17.6. The molecule has 2 saturated heterocycles. The molecule has 0 aliphatic carbocycles. The van der Waals surface area contributed by atoms with Crippen LogP contribution < -0.4 is 0 Å². The topological polar surface area (TPSA) is 72.1 Å². The van der Waals surface area contributed by atoms with Gasteiger partial charge < -0.3 is 9.47 Å². The number of amides is 1. The summed E-state index contributed by atoms with van der Waals surface area (Å²) in [6.07, 6.45) is 4.96. The third-order valence-electron chi connectivity index (χ3n) is 6.19. The standard InChI is InChI=1S/C19H28ClN7O/c1-4-14-13(19(20)24(3)23-14)11-26-8-6-15-16(26)10-18(28)27(15)9-7-17-22-21-12-25(17)5-2/h12,15-16H,4-11H2,1-3H3/t15-,16-/m0/s1. The van der Waals surface area contributed by atoms with Gasteiger partial charge in [-0.3, -0.25) is 14.4 Å². The molecule has 0 aromatic carbocycles. The Bertz CT molecular complexity index is 861. The van der Waals surface area contributed by atoms with Crippen molar-refractivity contribution in [1.29, 1.82) is 0 Å². The van der Waals surface area contributed by atoms with Gasteiger partial charge >= 0.3 is 0 Å². The second-order valence-electron chi connectivity index (χ2n) is 7.66. The number of aryl methyl sites for hydroxylation is 3. The molecule has 2 aliphatic rings. The normalized spacial score (nSPS) is 22.4. The number of nitrogens with zero attached hydrogens (tertiary/aromatic N) is 7. The van der Waals surface area contributed by atoms with Crippen LogP contribution >= 0.6 is 11.6 Å². The van der Waals surface area contributed by atoms with Gasteiger partial charge in [0.25, 0.3) is 0 Å². The predicted octanol–water partition coefficient (Wildman–Crippen LogP) is 1.67. The summed E-state index contributed by atoms with van der Waals surface area (Å²) in [5.74, 6) is 1.19. The molecule has 9 heteroatoms. The van der Waals surface area contributed by atoms with Gasteiger partial charge in [0, 0.05) is 63.7 Å². The minimum Gasteiger partial charge on any atom is -0.338 e. The van der Waals surface area contributed by atoms with Crippen molar-refractivity contribution in [3.05, 3.63) is 28.6 Å². The molecule has 2 aromatic heterocycles. The number of rotatable bonds is 7. The first kappa shape index (κ1) is 19.4. The summed E-state index contributed by atoms with van der Waals surface area (Å²) in [6, 6.07) is 0.545. The van der Waals surface area contributed by atoms with E-state index in [1.54, 1.807) is 11.0 Å². The molecule has 0 unspecified atom stereocenters. The van der Waals surface area contributed by atoms with E-state index in [1.165, 1.54) is 0 Å². The van der Waals surface area contributed by atoms with Gasteiger partial charge in [-0.05, 0) is 19.8 Å². The summed E-state index contributed by atoms with van der Waals surface area (Å²) >= 11 is 6.49. The van der Waals surface area contributed by atoms with Gasteiger partial charge in [0.15, 0.2) is 0 Å².